The Balaban J connectivity index is 1.83. The summed E-state index contributed by atoms with van der Waals surface area (Å²) in [5, 5.41) is 0. The van der Waals surface area contributed by atoms with Crippen LogP contribution in [-0.2, 0) is 6.42 Å². The fourth-order valence-electron chi connectivity index (χ4n) is 6.11. The van der Waals surface area contributed by atoms with Gasteiger partial charge >= 0.3 is 0 Å². The minimum atomic E-state index is 0.236. The number of aliphatic imine (C=N–C) groups is 4. The Labute approximate surface area is 338 Å². The monoisotopic (exact) mass is 742 g/mol. The summed E-state index contributed by atoms with van der Waals surface area (Å²) in [6.07, 6.45) is 33.5. The number of allylic oxidation sites excluding steroid dienone is 16. The third kappa shape index (κ3) is 15.9. The Kier molecular flexibility index (Phi) is 20.8. The minimum absolute atomic E-state index is 0.236. The molecule has 56 heavy (non-hydrogen) atoms. The highest BCUT2D eigenvalue weighted by Crippen LogP contribution is 2.27. The number of hydrogen-bond donors (Lipinski definition) is 0. The molecule has 0 fully saturated rings. The zero-order chi connectivity index (χ0) is 40.4. The van der Waals surface area contributed by atoms with Crippen molar-refractivity contribution in [1.29, 1.82) is 0 Å². The van der Waals surface area contributed by atoms with Crippen molar-refractivity contribution < 1.29 is 0 Å². The largest absolute Gasteiger partial charge is 0.293 e. The molecular formula is C52H62N4. The van der Waals surface area contributed by atoms with Crippen LogP contribution in [-0.4, -0.2) is 37.9 Å². The van der Waals surface area contributed by atoms with Crippen molar-refractivity contribution in [2.75, 3.05) is 13.1 Å². The fraction of sp³-hybridized carbons (Fsp3) is 0.269. The molecule has 0 radical (unpaired) electrons. The maximum atomic E-state index is 4.91. The summed E-state index contributed by atoms with van der Waals surface area (Å²) in [6, 6.07) is 27.3. The first-order valence-electron chi connectivity index (χ1n) is 19.9. The second kappa shape index (κ2) is 26.1. The van der Waals surface area contributed by atoms with E-state index in [0.717, 1.165) is 40.1 Å². The normalized spacial score (nSPS) is 14.8. The second-order valence-electron chi connectivity index (χ2n) is 14.1. The Morgan fingerprint density at radius 3 is 1.20 bits per heavy atom. The molecule has 0 saturated carbocycles. The molecule has 3 aromatic rings. The van der Waals surface area contributed by atoms with Crippen molar-refractivity contribution in [2.24, 2.45) is 25.9 Å². The quantitative estimate of drug-likeness (QED) is 0.0818. The van der Waals surface area contributed by atoms with E-state index in [1.807, 2.05) is 64.7 Å². The average Bonchev–Trinajstić information content (AvgIpc) is 3.20. The topological polar surface area (TPSA) is 49.4 Å². The van der Waals surface area contributed by atoms with Crippen LogP contribution >= 0.6 is 0 Å². The lowest BCUT2D eigenvalue weighted by Crippen LogP contribution is -2.12. The summed E-state index contributed by atoms with van der Waals surface area (Å²) in [5.41, 5.74) is 10.0. The zero-order valence-corrected chi connectivity index (χ0v) is 34.9. The van der Waals surface area contributed by atoms with E-state index in [1.165, 1.54) is 16.7 Å². The molecule has 4 heteroatoms. The third-order valence-electron chi connectivity index (χ3n) is 8.92. The SMILES string of the molecule is C\C=C/C(=C/C=Nc1ccccc1C(C)C)C(/C=C\C)=C/C=NCC(CN=C/C=C(\C=C/C)C(/C=C\C)=C/C=Nc1ccccc1C(C)C)Cc1ccccc1. The highest BCUT2D eigenvalue weighted by Gasteiger charge is 2.09. The van der Waals surface area contributed by atoms with Crippen LogP contribution in [0.2, 0.25) is 0 Å². The van der Waals surface area contributed by atoms with Gasteiger partial charge in [0.25, 0.3) is 0 Å². The van der Waals surface area contributed by atoms with Gasteiger partial charge in [0.05, 0.1) is 11.4 Å². The summed E-state index contributed by atoms with van der Waals surface area (Å²) in [6.45, 7) is 18.2. The van der Waals surface area contributed by atoms with Crippen molar-refractivity contribution in [1.82, 2.24) is 0 Å². The van der Waals surface area contributed by atoms with E-state index in [0.29, 0.717) is 24.9 Å². The summed E-state index contributed by atoms with van der Waals surface area (Å²) in [4.78, 5) is 19.4. The molecule has 0 aliphatic rings. The first-order chi connectivity index (χ1) is 27.3. The van der Waals surface area contributed by atoms with Crippen LogP contribution < -0.4 is 0 Å². The van der Waals surface area contributed by atoms with Gasteiger partial charge in [0.15, 0.2) is 0 Å². The molecule has 0 saturated heterocycles. The number of benzene rings is 3. The van der Waals surface area contributed by atoms with Crippen molar-refractivity contribution in [3.05, 3.63) is 191 Å². The first-order valence-corrected chi connectivity index (χ1v) is 19.9. The highest BCUT2D eigenvalue weighted by atomic mass is 14.8. The molecule has 3 aromatic carbocycles. The van der Waals surface area contributed by atoms with Gasteiger partial charge in [-0.1, -0.05) is 143 Å². The van der Waals surface area contributed by atoms with E-state index in [9.17, 15) is 0 Å². The van der Waals surface area contributed by atoms with E-state index in [4.69, 9.17) is 20.0 Å². The summed E-state index contributed by atoms with van der Waals surface area (Å²) >= 11 is 0. The lowest BCUT2D eigenvalue weighted by molar-refractivity contribution is 0.552. The van der Waals surface area contributed by atoms with Crippen LogP contribution in [0.25, 0.3) is 0 Å². The molecule has 290 valence electrons. The van der Waals surface area contributed by atoms with Gasteiger partial charge < -0.3 is 0 Å². The van der Waals surface area contributed by atoms with Crippen molar-refractivity contribution in [2.45, 2.75) is 73.6 Å². The molecule has 0 aromatic heterocycles. The molecule has 3 rings (SSSR count). The van der Waals surface area contributed by atoms with Gasteiger partial charge in [0.2, 0.25) is 0 Å². The minimum Gasteiger partial charge on any atom is -0.293 e. The number of nitrogens with zero attached hydrogens (tertiary/aromatic N) is 4. The molecular weight excluding hydrogens is 681 g/mol. The van der Waals surface area contributed by atoms with E-state index in [-0.39, 0.29) is 5.92 Å². The summed E-state index contributed by atoms with van der Waals surface area (Å²) in [7, 11) is 0. The predicted octanol–water partition coefficient (Wildman–Crippen LogP) is 14.0. The van der Waals surface area contributed by atoms with E-state index < -0.39 is 0 Å². The van der Waals surface area contributed by atoms with Gasteiger partial charge in [-0.25, -0.2) is 0 Å². The van der Waals surface area contributed by atoms with Gasteiger partial charge in [-0.05, 0) is 121 Å². The molecule has 0 aliphatic carbocycles. The Bertz CT molecular complexity index is 1880. The molecule has 0 spiro atoms. The Morgan fingerprint density at radius 1 is 0.464 bits per heavy atom. The van der Waals surface area contributed by atoms with E-state index in [1.54, 1.807) is 0 Å². The van der Waals surface area contributed by atoms with E-state index >= 15 is 0 Å². The average molecular weight is 743 g/mol. The number of hydrogen-bond acceptors (Lipinski definition) is 4. The Morgan fingerprint density at radius 2 is 0.821 bits per heavy atom. The van der Waals surface area contributed by atoms with Gasteiger partial charge in [-0.2, -0.15) is 0 Å². The molecule has 1 unspecified atom stereocenters. The standard InChI is InChI=1S/C52H62N4/c1-9-20-45(47(22-11-3)32-36-55-51-28-18-16-26-49(51)41(5)6)30-34-53-39-44(38-43-24-14-13-15-25-43)40-54-35-31-46(21-10-2)48(23-12-4)33-37-56-52-29-19-17-27-50(52)42(7)8/h9-37,41-42,44H,38-40H2,1-8H3/b20-9-,21-10-,22-11-,23-12-,45-30+,46-31+,47-32-,48-33+,53-34?,54-35?,55-36?,56-37?. The van der Waals surface area contributed by atoms with Crippen molar-refractivity contribution in [3.8, 4) is 0 Å². The molecule has 0 N–H and O–H groups in total. The molecule has 0 aliphatic heterocycles. The molecule has 4 nitrogen and oxygen atoms in total. The predicted molar refractivity (Wildman–Crippen MR) is 249 cm³/mol. The van der Waals surface area contributed by atoms with Crippen molar-refractivity contribution >= 4 is 36.2 Å². The highest BCUT2D eigenvalue weighted by molar-refractivity contribution is 5.82. The van der Waals surface area contributed by atoms with Crippen molar-refractivity contribution in [3.63, 3.8) is 0 Å². The van der Waals surface area contributed by atoms with Gasteiger partial charge in [-0.3, -0.25) is 20.0 Å². The lowest BCUT2D eigenvalue weighted by Gasteiger charge is -2.12. The molecule has 1 atom stereocenters. The van der Waals surface area contributed by atoms with Crippen LogP contribution in [0.4, 0.5) is 11.4 Å². The summed E-state index contributed by atoms with van der Waals surface area (Å²) in [5.74, 6) is 1.05. The zero-order valence-electron chi connectivity index (χ0n) is 34.9. The lowest BCUT2D eigenvalue weighted by atomic mass is 9.99. The van der Waals surface area contributed by atoms with Gasteiger partial charge in [-0.15, -0.1) is 0 Å². The first kappa shape index (κ1) is 44.7. The maximum Gasteiger partial charge on any atom is 0.0664 e. The van der Waals surface area contributed by atoms with Crippen LogP contribution in [0.5, 0.6) is 0 Å². The van der Waals surface area contributed by atoms with Crippen LogP contribution in [0.15, 0.2) is 194 Å². The van der Waals surface area contributed by atoms with Gasteiger partial charge in [0.1, 0.15) is 0 Å². The maximum absolute atomic E-state index is 4.91. The smallest absolute Gasteiger partial charge is 0.0664 e. The van der Waals surface area contributed by atoms with E-state index in [2.05, 4.69) is 167 Å². The molecule has 0 bridgehead atoms. The third-order valence-corrected chi connectivity index (χ3v) is 8.92. The second-order valence-corrected chi connectivity index (χ2v) is 14.1. The fourth-order valence-corrected chi connectivity index (χ4v) is 6.11. The Hall–Kier alpha value is -5.74. The van der Waals surface area contributed by atoms with Crippen LogP contribution in [0.1, 0.15) is 83.9 Å². The molecule has 0 amide bonds. The number of para-hydroxylation sites is 2. The molecule has 0 heterocycles. The van der Waals surface area contributed by atoms with Crippen LogP contribution in [0, 0.1) is 5.92 Å². The van der Waals surface area contributed by atoms with Gasteiger partial charge in [0, 0.05) is 43.9 Å². The summed E-state index contributed by atoms with van der Waals surface area (Å²) < 4.78 is 0. The van der Waals surface area contributed by atoms with Crippen LogP contribution in [0.3, 0.4) is 0 Å². The number of rotatable bonds is 20.